The Morgan fingerprint density at radius 3 is 2.60 bits per heavy atom. The number of hydrogen-bond acceptors (Lipinski definition) is 4. The van der Waals surface area contributed by atoms with Gasteiger partial charge in [0.1, 0.15) is 10.0 Å². The van der Waals surface area contributed by atoms with Crippen molar-refractivity contribution in [2.45, 2.75) is 26.2 Å². The van der Waals surface area contributed by atoms with Gasteiger partial charge in [0.15, 0.2) is 5.01 Å². The van der Waals surface area contributed by atoms with E-state index in [9.17, 15) is 4.79 Å². The second-order valence-electron chi connectivity index (χ2n) is 5.20. The fraction of sp³-hybridized carbons (Fsp3) is 0.286. The molecule has 0 aliphatic carbocycles. The minimum absolute atomic E-state index is 0.0496. The first-order chi connectivity index (χ1) is 9.27. The summed E-state index contributed by atoms with van der Waals surface area (Å²) in [7, 11) is 0. The maximum atomic E-state index is 11.0. The zero-order chi connectivity index (χ0) is 14.9. The van der Waals surface area contributed by atoms with Crippen LogP contribution < -0.4 is 5.73 Å². The molecule has 0 atom stereocenters. The molecule has 0 saturated carbocycles. The molecule has 20 heavy (non-hydrogen) atoms. The first-order valence-electron chi connectivity index (χ1n) is 5.84. The van der Waals surface area contributed by atoms with Crippen molar-refractivity contribution in [3.63, 3.8) is 0 Å². The van der Waals surface area contributed by atoms with E-state index in [-0.39, 0.29) is 10.4 Å². The number of thiazole rings is 1. The van der Waals surface area contributed by atoms with Gasteiger partial charge in [-0.15, -0.1) is 22.7 Å². The maximum absolute atomic E-state index is 11.0. The Morgan fingerprint density at radius 1 is 1.40 bits per heavy atom. The van der Waals surface area contributed by atoms with Crippen LogP contribution in [0.2, 0.25) is 4.34 Å². The largest absolute Gasteiger partial charge is 0.364 e. The van der Waals surface area contributed by atoms with Crippen molar-refractivity contribution in [3.8, 4) is 11.8 Å². The van der Waals surface area contributed by atoms with Crippen molar-refractivity contribution >= 4 is 40.2 Å². The number of amides is 1. The van der Waals surface area contributed by atoms with Crippen LogP contribution in [0.3, 0.4) is 0 Å². The molecule has 0 aliphatic rings. The first-order valence-corrected chi connectivity index (χ1v) is 7.92. The molecule has 104 valence electrons. The summed E-state index contributed by atoms with van der Waals surface area (Å²) in [5, 5.41) is 1.97. The molecule has 0 radical (unpaired) electrons. The first kappa shape index (κ1) is 15.0. The monoisotopic (exact) mass is 324 g/mol. The minimum Gasteiger partial charge on any atom is -0.364 e. The van der Waals surface area contributed by atoms with E-state index in [1.807, 2.05) is 6.07 Å². The van der Waals surface area contributed by atoms with Gasteiger partial charge in [0.25, 0.3) is 5.91 Å². The number of nitrogens with zero attached hydrogens (tertiary/aromatic N) is 1. The molecular formula is C14H13ClN2OS2. The van der Waals surface area contributed by atoms with Crippen LogP contribution in [0.4, 0.5) is 0 Å². The molecule has 2 aromatic rings. The van der Waals surface area contributed by atoms with E-state index in [0.717, 1.165) is 5.56 Å². The summed E-state index contributed by atoms with van der Waals surface area (Å²) in [5.74, 6) is 5.36. The van der Waals surface area contributed by atoms with E-state index in [4.69, 9.17) is 17.3 Å². The van der Waals surface area contributed by atoms with Crippen molar-refractivity contribution in [2.75, 3.05) is 0 Å². The SMILES string of the molecule is CC(C)(C)c1cc(C#Cc2csc(C(N)=O)n2)c(Cl)s1. The van der Waals surface area contributed by atoms with Crippen LogP contribution in [0, 0.1) is 11.8 Å². The number of aromatic nitrogens is 1. The third kappa shape index (κ3) is 3.40. The van der Waals surface area contributed by atoms with Crippen molar-refractivity contribution in [1.82, 2.24) is 4.98 Å². The van der Waals surface area contributed by atoms with Crippen LogP contribution >= 0.6 is 34.3 Å². The summed E-state index contributed by atoms with van der Waals surface area (Å²) >= 11 is 8.92. The molecule has 3 nitrogen and oxygen atoms in total. The standard InChI is InChI=1S/C14H13ClN2OS2/c1-14(2,3)10-6-8(11(15)20-10)4-5-9-7-19-13(17-9)12(16)18/h6-7H,1-3H3,(H2,16,18). The van der Waals surface area contributed by atoms with Crippen molar-refractivity contribution < 1.29 is 4.79 Å². The molecule has 2 heterocycles. The molecular weight excluding hydrogens is 312 g/mol. The molecule has 2 N–H and O–H groups in total. The fourth-order valence-electron chi connectivity index (χ4n) is 1.40. The van der Waals surface area contributed by atoms with Gasteiger partial charge in [-0.05, 0) is 17.4 Å². The zero-order valence-electron chi connectivity index (χ0n) is 11.3. The summed E-state index contributed by atoms with van der Waals surface area (Å²) in [6.45, 7) is 6.39. The Morgan fingerprint density at radius 2 is 2.10 bits per heavy atom. The average molecular weight is 325 g/mol. The molecule has 6 heteroatoms. The molecule has 0 unspecified atom stereocenters. The molecule has 0 fully saturated rings. The second kappa shape index (κ2) is 5.57. The lowest BCUT2D eigenvalue weighted by atomic mass is 9.94. The number of thiophene rings is 1. The van der Waals surface area contributed by atoms with Gasteiger partial charge in [0, 0.05) is 10.3 Å². The van der Waals surface area contributed by atoms with Gasteiger partial charge in [-0.1, -0.05) is 38.3 Å². The van der Waals surface area contributed by atoms with Crippen LogP contribution in [0.25, 0.3) is 0 Å². The lowest BCUT2D eigenvalue weighted by molar-refractivity contribution is 0.1000. The van der Waals surface area contributed by atoms with Gasteiger partial charge in [-0.2, -0.15) is 0 Å². The summed E-state index contributed by atoms with van der Waals surface area (Å²) in [6, 6.07) is 2.00. The van der Waals surface area contributed by atoms with Crippen molar-refractivity contribution in [1.29, 1.82) is 0 Å². The fourth-order valence-corrected chi connectivity index (χ4v) is 3.25. The third-order valence-corrected chi connectivity index (χ3v) is 5.11. The lowest BCUT2D eigenvalue weighted by Gasteiger charge is -2.14. The van der Waals surface area contributed by atoms with Gasteiger partial charge in [0.05, 0.1) is 5.56 Å². The van der Waals surface area contributed by atoms with Gasteiger partial charge in [-0.25, -0.2) is 4.98 Å². The Hall–Kier alpha value is -1.35. The van der Waals surface area contributed by atoms with Crippen LogP contribution in [-0.4, -0.2) is 10.9 Å². The molecule has 0 spiro atoms. The summed E-state index contributed by atoms with van der Waals surface area (Å²) in [6.07, 6.45) is 0. The highest BCUT2D eigenvalue weighted by Gasteiger charge is 2.18. The molecule has 2 rings (SSSR count). The quantitative estimate of drug-likeness (QED) is 0.814. The summed E-state index contributed by atoms with van der Waals surface area (Å²) < 4.78 is 0.674. The minimum atomic E-state index is -0.536. The van der Waals surface area contributed by atoms with E-state index in [2.05, 4.69) is 37.6 Å². The Kier molecular flexibility index (Phi) is 4.19. The van der Waals surface area contributed by atoms with E-state index in [0.29, 0.717) is 10.0 Å². The predicted molar refractivity (Wildman–Crippen MR) is 84.6 cm³/mol. The predicted octanol–water partition coefficient (Wildman–Crippen LogP) is 3.65. The Balaban J connectivity index is 2.28. The number of carbonyl (C=O) groups excluding carboxylic acids is 1. The average Bonchev–Trinajstić information content (AvgIpc) is 2.92. The van der Waals surface area contributed by atoms with Crippen LogP contribution in [0.15, 0.2) is 11.4 Å². The zero-order valence-corrected chi connectivity index (χ0v) is 13.7. The van der Waals surface area contributed by atoms with Crippen molar-refractivity contribution in [3.05, 3.63) is 36.9 Å². The number of primary amides is 1. The smallest absolute Gasteiger partial charge is 0.277 e. The normalized spacial score (nSPS) is 11.0. The number of rotatable bonds is 1. The number of carbonyl (C=O) groups is 1. The molecule has 2 aromatic heterocycles. The van der Waals surface area contributed by atoms with E-state index in [1.165, 1.54) is 27.6 Å². The Labute approximate surface area is 130 Å². The van der Waals surface area contributed by atoms with Gasteiger partial charge < -0.3 is 5.73 Å². The molecule has 0 aliphatic heterocycles. The highest BCUT2D eigenvalue weighted by molar-refractivity contribution is 7.16. The highest BCUT2D eigenvalue weighted by atomic mass is 35.5. The van der Waals surface area contributed by atoms with E-state index in [1.54, 1.807) is 5.38 Å². The number of halogens is 1. The van der Waals surface area contributed by atoms with Gasteiger partial charge >= 0.3 is 0 Å². The number of nitrogens with two attached hydrogens (primary N) is 1. The maximum Gasteiger partial charge on any atom is 0.277 e. The van der Waals surface area contributed by atoms with Crippen molar-refractivity contribution in [2.24, 2.45) is 5.73 Å². The van der Waals surface area contributed by atoms with E-state index < -0.39 is 5.91 Å². The van der Waals surface area contributed by atoms with Crippen LogP contribution in [0.5, 0.6) is 0 Å². The molecule has 0 bridgehead atoms. The second-order valence-corrected chi connectivity index (χ2v) is 7.71. The van der Waals surface area contributed by atoms with Crippen LogP contribution in [0.1, 0.15) is 46.7 Å². The molecule has 0 saturated heterocycles. The number of hydrogen-bond donors (Lipinski definition) is 1. The topological polar surface area (TPSA) is 56.0 Å². The summed E-state index contributed by atoms with van der Waals surface area (Å²) in [5.41, 5.74) is 6.52. The van der Waals surface area contributed by atoms with Gasteiger partial charge in [0.2, 0.25) is 0 Å². The third-order valence-electron chi connectivity index (χ3n) is 2.47. The molecule has 1 amide bonds. The lowest BCUT2D eigenvalue weighted by Crippen LogP contribution is -2.10. The van der Waals surface area contributed by atoms with Crippen LogP contribution in [-0.2, 0) is 5.41 Å². The Bertz CT molecular complexity index is 714. The van der Waals surface area contributed by atoms with E-state index >= 15 is 0 Å². The highest BCUT2D eigenvalue weighted by Crippen LogP contribution is 2.35. The molecule has 0 aromatic carbocycles. The van der Waals surface area contributed by atoms with Gasteiger partial charge in [-0.3, -0.25) is 4.79 Å². The summed E-state index contributed by atoms with van der Waals surface area (Å²) in [4.78, 5) is 16.2.